The van der Waals surface area contributed by atoms with Gasteiger partial charge in [0.1, 0.15) is 9.92 Å². The molecule has 0 bridgehead atoms. The Kier molecular flexibility index (Phi) is 4.22. The van der Waals surface area contributed by atoms with Crippen LogP contribution in [0.3, 0.4) is 0 Å². The molecule has 1 heterocycles. The van der Waals surface area contributed by atoms with Gasteiger partial charge in [0.25, 0.3) is 15.6 Å². The molecule has 2 aromatic rings. The molecule has 0 aliphatic heterocycles. The molecular formula is C12H10BrClN2O3S. The SMILES string of the molecule is Cc1c(Br)cccc1NS(=O)(=O)c1c[nH]c(=O)c(Cl)c1. The number of H-pyrrole nitrogens is 1. The molecule has 0 amide bonds. The van der Waals surface area contributed by atoms with E-state index in [1.54, 1.807) is 19.1 Å². The smallest absolute Gasteiger partial charge is 0.266 e. The van der Waals surface area contributed by atoms with Crippen molar-refractivity contribution >= 4 is 43.2 Å². The average molecular weight is 378 g/mol. The van der Waals surface area contributed by atoms with Crippen LogP contribution in [-0.2, 0) is 10.0 Å². The van der Waals surface area contributed by atoms with Crippen LogP contribution >= 0.6 is 27.5 Å². The van der Waals surface area contributed by atoms with E-state index in [9.17, 15) is 13.2 Å². The van der Waals surface area contributed by atoms with Gasteiger partial charge in [-0.15, -0.1) is 0 Å². The fraction of sp³-hybridized carbons (Fsp3) is 0.0833. The summed E-state index contributed by atoms with van der Waals surface area (Å²) in [5.74, 6) is 0. The number of hydrogen-bond acceptors (Lipinski definition) is 3. The molecule has 0 aliphatic carbocycles. The summed E-state index contributed by atoms with van der Waals surface area (Å²) in [5, 5.41) is -0.182. The first-order valence-electron chi connectivity index (χ1n) is 5.47. The van der Waals surface area contributed by atoms with E-state index in [4.69, 9.17) is 11.6 Å². The second-order valence-corrected chi connectivity index (χ2v) is 6.97. The molecule has 0 saturated heterocycles. The van der Waals surface area contributed by atoms with Gasteiger partial charge in [0.15, 0.2) is 0 Å². The highest BCUT2D eigenvalue weighted by atomic mass is 79.9. The van der Waals surface area contributed by atoms with Crippen LogP contribution in [0.5, 0.6) is 0 Å². The van der Waals surface area contributed by atoms with Gasteiger partial charge in [-0.2, -0.15) is 0 Å². The molecule has 2 rings (SSSR count). The van der Waals surface area contributed by atoms with Crippen molar-refractivity contribution in [1.82, 2.24) is 4.98 Å². The Balaban J connectivity index is 2.43. The topological polar surface area (TPSA) is 79.0 Å². The van der Waals surface area contributed by atoms with Gasteiger partial charge < -0.3 is 4.98 Å². The Bertz CT molecular complexity index is 818. The molecule has 0 aliphatic rings. The summed E-state index contributed by atoms with van der Waals surface area (Å²) >= 11 is 8.96. The number of hydrogen-bond donors (Lipinski definition) is 2. The lowest BCUT2D eigenvalue weighted by Gasteiger charge is -2.11. The first-order valence-corrected chi connectivity index (χ1v) is 8.13. The Morgan fingerprint density at radius 1 is 1.35 bits per heavy atom. The average Bonchev–Trinajstić information content (AvgIpc) is 2.38. The van der Waals surface area contributed by atoms with Gasteiger partial charge in [-0.25, -0.2) is 8.42 Å². The first kappa shape index (κ1) is 15.1. The Labute approximate surface area is 129 Å². The minimum atomic E-state index is -3.82. The van der Waals surface area contributed by atoms with Crippen molar-refractivity contribution in [1.29, 1.82) is 0 Å². The van der Waals surface area contributed by atoms with Crippen LogP contribution in [0.2, 0.25) is 5.02 Å². The molecule has 1 aromatic carbocycles. The third-order valence-corrected chi connectivity index (χ3v) is 5.14. The molecule has 8 heteroatoms. The molecule has 0 fully saturated rings. The maximum atomic E-state index is 12.2. The third kappa shape index (κ3) is 3.05. The number of aromatic nitrogens is 1. The highest BCUT2D eigenvalue weighted by Gasteiger charge is 2.17. The maximum Gasteiger partial charge on any atom is 0.266 e. The quantitative estimate of drug-likeness (QED) is 0.863. The highest BCUT2D eigenvalue weighted by molar-refractivity contribution is 9.10. The van der Waals surface area contributed by atoms with Crippen molar-refractivity contribution in [3.63, 3.8) is 0 Å². The fourth-order valence-electron chi connectivity index (χ4n) is 1.51. The first-order chi connectivity index (χ1) is 9.31. The molecular weight excluding hydrogens is 368 g/mol. The van der Waals surface area contributed by atoms with E-state index in [0.717, 1.165) is 22.3 Å². The summed E-state index contributed by atoms with van der Waals surface area (Å²) in [4.78, 5) is 13.3. The number of aromatic amines is 1. The van der Waals surface area contributed by atoms with Crippen LogP contribution in [0.15, 0.2) is 44.6 Å². The maximum absolute atomic E-state index is 12.2. The minimum Gasteiger partial charge on any atom is -0.326 e. The van der Waals surface area contributed by atoms with Crippen molar-refractivity contribution in [2.75, 3.05) is 4.72 Å². The summed E-state index contributed by atoms with van der Waals surface area (Å²) in [5.41, 5.74) is 0.664. The summed E-state index contributed by atoms with van der Waals surface area (Å²) < 4.78 is 27.7. The lowest BCUT2D eigenvalue weighted by Crippen LogP contribution is -2.16. The van der Waals surface area contributed by atoms with Gasteiger partial charge in [-0.3, -0.25) is 9.52 Å². The molecule has 0 saturated carbocycles. The molecule has 20 heavy (non-hydrogen) atoms. The molecule has 5 nitrogen and oxygen atoms in total. The predicted octanol–water partition coefficient (Wildman–Crippen LogP) is 2.90. The lowest BCUT2D eigenvalue weighted by molar-refractivity contribution is 0.600. The molecule has 0 radical (unpaired) electrons. The van der Waals surface area contributed by atoms with Gasteiger partial charge in [0.05, 0.1) is 5.69 Å². The Hall–Kier alpha value is -1.31. The Morgan fingerprint density at radius 3 is 2.70 bits per heavy atom. The van der Waals surface area contributed by atoms with Gasteiger partial charge in [-0.1, -0.05) is 33.6 Å². The predicted molar refractivity (Wildman–Crippen MR) is 81.8 cm³/mol. The van der Waals surface area contributed by atoms with Crippen LogP contribution < -0.4 is 10.3 Å². The summed E-state index contributed by atoms with van der Waals surface area (Å²) in [6.45, 7) is 1.78. The number of anilines is 1. The van der Waals surface area contributed by atoms with Crippen LogP contribution in [0.1, 0.15) is 5.56 Å². The van der Waals surface area contributed by atoms with Gasteiger partial charge in [0, 0.05) is 10.7 Å². The van der Waals surface area contributed by atoms with E-state index in [-0.39, 0.29) is 9.92 Å². The standard InChI is InChI=1S/C12H10BrClN2O3S/c1-7-9(13)3-2-4-11(7)16-20(18,19)8-5-10(14)12(17)15-6-8/h2-6,16H,1H3,(H,15,17). The van der Waals surface area contributed by atoms with Crippen LogP contribution in [-0.4, -0.2) is 13.4 Å². The zero-order valence-corrected chi connectivity index (χ0v) is 13.4. The molecule has 106 valence electrons. The zero-order chi connectivity index (χ0) is 14.9. The Morgan fingerprint density at radius 2 is 2.05 bits per heavy atom. The van der Waals surface area contributed by atoms with Crippen LogP contribution in [0.4, 0.5) is 5.69 Å². The van der Waals surface area contributed by atoms with E-state index in [0.29, 0.717) is 5.69 Å². The van der Waals surface area contributed by atoms with E-state index in [2.05, 4.69) is 25.6 Å². The third-order valence-electron chi connectivity index (χ3n) is 2.65. The minimum absolute atomic E-state index is 0.110. The second-order valence-electron chi connectivity index (χ2n) is 4.03. The summed E-state index contributed by atoms with van der Waals surface area (Å²) in [7, 11) is -3.82. The highest BCUT2D eigenvalue weighted by Crippen LogP contribution is 2.25. The zero-order valence-electron chi connectivity index (χ0n) is 10.3. The van der Waals surface area contributed by atoms with Gasteiger partial charge >= 0.3 is 0 Å². The van der Waals surface area contributed by atoms with Crippen LogP contribution in [0, 0.1) is 6.92 Å². The molecule has 0 spiro atoms. The molecule has 0 unspecified atom stereocenters. The lowest BCUT2D eigenvalue weighted by atomic mass is 10.2. The summed E-state index contributed by atoms with van der Waals surface area (Å²) in [6.07, 6.45) is 1.10. The monoisotopic (exact) mass is 376 g/mol. The number of benzene rings is 1. The van der Waals surface area contributed by atoms with E-state index in [1.165, 1.54) is 0 Å². The van der Waals surface area contributed by atoms with Crippen molar-refractivity contribution in [3.8, 4) is 0 Å². The van der Waals surface area contributed by atoms with Gasteiger partial charge in [0.2, 0.25) is 0 Å². The second kappa shape index (κ2) is 5.59. The van der Waals surface area contributed by atoms with Crippen LogP contribution in [0.25, 0.3) is 0 Å². The van der Waals surface area contributed by atoms with E-state index in [1.807, 2.05) is 6.07 Å². The molecule has 1 aromatic heterocycles. The normalized spacial score (nSPS) is 11.3. The molecule has 2 N–H and O–H groups in total. The molecule has 0 atom stereocenters. The number of halogens is 2. The van der Waals surface area contributed by atoms with Crippen molar-refractivity contribution < 1.29 is 8.42 Å². The number of rotatable bonds is 3. The number of pyridine rings is 1. The van der Waals surface area contributed by atoms with Crippen molar-refractivity contribution in [3.05, 3.63) is 55.9 Å². The largest absolute Gasteiger partial charge is 0.326 e. The fourth-order valence-corrected chi connectivity index (χ4v) is 3.23. The van der Waals surface area contributed by atoms with E-state index >= 15 is 0 Å². The van der Waals surface area contributed by atoms with Gasteiger partial charge in [-0.05, 0) is 30.7 Å². The number of nitrogens with one attached hydrogen (secondary N) is 2. The summed E-state index contributed by atoms with van der Waals surface area (Å²) in [6, 6.07) is 6.28. The van der Waals surface area contributed by atoms with Crippen molar-refractivity contribution in [2.24, 2.45) is 0 Å². The number of sulfonamides is 1. The van der Waals surface area contributed by atoms with E-state index < -0.39 is 15.6 Å². The van der Waals surface area contributed by atoms with Crippen molar-refractivity contribution in [2.45, 2.75) is 11.8 Å².